The lowest BCUT2D eigenvalue weighted by molar-refractivity contribution is -0.151. The monoisotopic (exact) mass is 291 g/mol. The van der Waals surface area contributed by atoms with Gasteiger partial charge in [-0.2, -0.15) is 0 Å². The predicted molar refractivity (Wildman–Crippen MR) is 77.8 cm³/mol. The van der Waals surface area contributed by atoms with Crippen molar-refractivity contribution in [2.75, 3.05) is 0 Å². The minimum Gasteiger partial charge on any atom is -0.479 e. The van der Waals surface area contributed by atoms with E-state index in [0.717, 1.165) is 18.4 Å². The lowest BCUT2D eigenvalue weighted by Gasteiger charge is -2.21. The van der Waals surface area contributed by atoms with Crippen LogP contribution in [0.3, 0.4) is 0 Å². The number of carboxylic acids is 1. The number of carbonyl (C=O) groups excluding carboxylic acids is 1. The fourth-order valence-corrected chi connectivity index (χ4v) is 2.57. The second-order valence-corrected chi connectivity index (χ2v) is 5.29. The topological polar surface area (TPSA) is 75.6 Å². The number of ether oxygens (including phenoxy) is 1. The van der Waals surface area contributed by atoms with E-state index in [1.54, 1.807) is 0 Å². The summed E-state index contributed by atoms with van der Waals surface area (Å²) in [6.07, 6.45) is 1.11. The van der Waals surface area contributed by atoms with Gasteiger partial charge in [0.15, 0.2) is 6.10 Å². The fraction of sp³-hybridized carbons (Fsp3) is 0.500. The minimum atomic E-state index is -1.00. The summed E-state index contributed by atoms with van der Waals surface area (Å²) in [6.45, 7) is 2.06. The van der Waals surface area contributed by atoms with Crippen LogP contribution in [0, 0.1) is 0 Å². The molecule has 3 unspecified atom stereocenters. The molecule has 1 amide bonds. The summed E-state index contributed by atoms with van der Waals surface area (Å²) in [5.74, 6) is -1.22. The number of hydrogen-bond acceptors (Lipinski definition) is 3. The molecule has 5 heteroatoms. The predicted octanol–water partition coefficient (Wildman–Crippen LogP) is 2.28. The standard InChI is InChI=1S/C16H21NO4/c1-2-6-12(11-7-4-3-5-8-11)17-15(18)13-9-10-14(21-13)16(19)20/h3-5,7-8,12-14H,2,6,9-10H2,1H3,(H,17,18)(H,19,20). The maximum atomic E-state index is 12.2. The molecule has 0 bridgehead atoms. The Morgan fingerprint density at radius 3 is 2.52 bits per heavy atom. The van der Waals surface area contributed by atoms with E-state index in [-0.39, 0.29) is 11.9 Å². The van der Waals surface area contributed by atoms with Gasteiger partial charge in [-0.05, 0) is 24.8 Å². The van der Waals surface area contributed by atoms with Gasteiger partial charge in [0.2, 0.25) is 5.91 Å². The number of carboxylic acid groups (broad SMARTS) is 1. The molecule has 114 valence electrons. The first-order valence-electron chi connectivity index (χ1n) is 7.35. The minimum absolute atomic E-state index is 0.0591. The van der Waals surface area contributed by atoms with E-state index in [1.807, 2.05) is 30.3 Å². The first kappa shape index (κ1) is 15.5. The molecule has 5 nitrogen and oxygen atoms in total. The van der Waals surface area contributed by atoms with Gasteiger partial charge in [-0.25, -0.2) is 4.79 Å². The lowest BCUT2D eigenvalue weighted by Crippen LogP contribution is -2.37. The summed E-state index contributed by atoms with van der Waals surface area (Å²) in [5, 5.41) is 11.9. The molecule has 21 heavy (non-hydrogen) atoms. The van der Waals surface area contributed by atoms with Gasteiger partial charge in [-0.3, -0.25) is 4.79 Å². The van der Waals surface area contributed by atoms with Crippen molar-refractivity contribution in [3.63, 3.8) is 0 Å². The van der Waals surface area contributed by atoms with E-state index >= 15 is 0 Å². The molecular weight excluding hydrogens is 270 g/mol. The summed E-state index contributed by atoms with van der Waals surface area (Å²) in [4.78, 5) is 23.1. The average Bonchev–Trinajstić information content (AvgIpc) is 2.98. The molecule has 1 aliphatic heterocycles. The van der Waals surface area contributed by atoms with Crippen LogP contribution in [-0.4, -0.2) is 29.2 Å². The fourth-order valence-electron chi connectivity index (χ4n) is 2.57. The highest BCUT2D eigenvalue weighted by Crippen LogP contribution is 2.23. The van der Waals surface area contributed by atoms with Crippen LogP contribution in [0.4, 0.5) is 0 Å². The molecule has 2 N–H and O–H groups in total. The van der Waals surface area contributed by atoms with Crippen molar-refractivity contribution in [1.82, 2.24) is 5.32 Å². The molecule has 0 radical (unpaired) electrons. The van der Waals surface area contributed by atoms with Crippen LogP contribution in [0.5, 0.6) is 0 Å². The van der Waals surface area contributed by atoms with Crippen molar-refractivity contribution in [2.45, 2.75) is 50.9 Å². The highest BCUT2D eigenvalue weighted by Gasteiger charge is 2.35. The highest BCUT2D eigenvalue weighted by molar-refractivity contribution is 5.83. The van der Waals surface area contributed by atoms with Crippen molar-refractivity contribution < 1.29 is 19.4 Å². The van der Waals surface area contributed by atoms with Gasteiger partial charge in [-0.1, -0.05) is 43.7 Å². The average molecular weight is 291 g/mol. The van der Waals surface area contributed by atoms with Crippen molar-refractivity contribution in [1.29, 1.82) is 0 Å². The molecule has 0 spiro atoms. The van der Waals surface area contributed by atoms with Crippen molar-refractivity contribution >= 4 is 11.9 Å². The second-order valence-electron chi connectivity index (χ2n) is 5.29. The Morgan fingerprint density at radius 1 is 1.29 bits per heavy atom. The van der Waals surface area contributed by atoms with Crippen LogP contribution in [0.1, 0.15) is 44.2 Å². The van der Waals surface area contributed by atoms with E-state index in [2.05, 4.69) is 12.2 Å². The largest absolute Gasteiger partial charge is 0.479 e. The van der Waals surface area contributed by atoms with Gasteiger partial charge in [0.05, 0.1) is 6.04 Å². The molecule has 1 saturated heterocycles. The Bertz CT molecular complexity index is 488. The van der Waals surface area contributed by atoms with Crippen LogP contribution < -0.4 is 5.32 Å². The summed E-state index contributed by atoms with van der Waals surface area (Å²) in [5.41, 5.74) is 1.06. The van der Waals surface area contributed by atoms with Gasteiger partial charge < -0.3 is 15.2 Å². The molecule has 1 aliphatic rings. The molecule has 0 aliphatic carbocycles. The third kappa shape index (κ3) is 4.04. The lowest BCUT2D eigenvalue weighted by atomic mass is 10.0. The number of amides is 1. The number of hydrogen-bond donors (Lipinski definition) is 2. The Kier molecular flexibility index (Phi) is 5.33. The highest BCUT2D eigenvalue weighted by atomic mass is 16.5. The quantitative estimate of drug-likeness (QED) is 0.843. The van der Waals surface area contributed by atoms with E-state index in [1.165, 1.54) is 0 Å². The second kappa shape index (κ2) is 7.22. The van der Waals surface area contributed by atoms with Crippen LogP contribution >= 0.6 is 0 Å². The maximum Gasteiger partial charge on any atom is 0.332 e. The van der Waals surface area contributed by atoms with Crippen LogP contribution in [0.15, 0.2) is 30.3 Å². The third-order valence-electron chi connectivity index (χ3n) is 3.68. The molecule has 0 saturated carbocycles. The number of rotatable bonds is 6. The van der Waals surface area contributed by atoms with E-state index < -0.39 is 18.2 Å². The number of aliphatic carboxylic acids is 1. The molecule has 1 aromatic rings. The van der Waals surface area contributed by atoms with Crippen molar-refractivity contribution in [2.24, 2.45) is 0 Å². The van der Waals surface area contributed by atoms with Gasteiger partial charge >= 0.3 is 5.97 Å². The van der Waals surface area contributed by atoms with Gasteiger partial charge in [0, 0.05) is 0 Å². The van der Waals surface area contributed by atoms with E-state index in [4.69, 9.17) is 9.84 Å². The molecule has 1 fully saturated rings. The Labute approximate surface area is 124 Å². The van der Waals surface area contributed by atoms with Crippen LogP contribution in [0.2, 0.25) is 0 Å². The number of nitrogens with one attached hydrogen (secondary N) is 1. The van der Waals surface area contributed by atoms with Crippen molar-refractivity contribution in [3.8, 4) is 0 Å². The molecule has 2 rings (SSSR count). The summed E-state index contributed by atoms with van der Waals surface area (Å²) < 4.78 is 5.29. The Balaban J connectivity index is 1.98. The van der Waals surface area contributed by atoms with Crippen LogP contribution in [0.25, 0.3) is 0 Å². The first-order valence-corrected chi connectivity index (χ1v) is 7.35. The zero-order valence-electron chi connectivity index (χ0n) is 12.1. The zero-order valence-corrected chi connectivity index (χ0v) is 12.1. The maximum absolute atomic E-state index is 12.2. The van der Waals surface area contributed by atoms with Gasteiger partial charge in [0.1, 0.15) is 6.10 Å². The first-order chi connectivity index (χ1) is 10.1. The van der Waals surface area contributed by atoms with Crippen LogP contribution in [-0.2, 0) is 14.3 Å². The normalized spacial score (nSPS) is 22.7. The number of carbonyl (C=O) groups is 2. The molecule has 3 atom stereocenters. The summed E-state index contributed by atoms with van der Waals surface area (Å²) >= 11 is 0. The zero-order chi connectivity index (χ0) is 15.2. The van der Waals surface area contributed by atoms with Gasteiger partial charge in [-0.15, -0.1) is 0 Å². The van der Waals surface area contributed by atoms with E-state index in [0.29, 0.717) is 12.8 Å². The van der Waals surface area contributed by atoms with Gasteiger partial charge in [0.25, 0.3) is 0 Å². The smallest absolute Gasteiger partial charge is 0.332 e. The molecular formula is C16H21NO4. The number of benzene rings is 1. The SMILES string of the molecule is CCCC(NC(=O)C1CCC(C(=O)O)O1)c1ccccc1. The molecule has 0 aromatic heterocycles. The van der Waals surface area contributed by atoms with Crippen molar-refractivity contribution in [3.05, 3.63) is 35.9 Å². The Morgan fingerprint density at radius 2 is 1.95 bits per heavy atom. The third-order valence-corrected chi connectivity index (χ3v) is 3.68. The molecule has 1 heterocycles. The summed E-state index contributed by atoms with van der Waals surface area (Å²) in [6, 6.07) is 9.72. The summed E-state index contributed by atoms with van der Waals surface area (Å²) in [7, 11) is 0. The molecule has 1 aromatic carbocycles. The van der Waals surface area contributed by atoms with E-state index in [9.17, 15) is 9.59 Å². The Hall–Kier alpha value is -1.88.